The summed E-state index contributed by atoms with van der Waals surface area (Å²) in [5.74, 6) is 0. The van der Waals surface area contributed by atoms with Gasteiger partial charge < -0.3 is 0 Å². The van der Waals surface area contributed by atoms with Gasteiger partial charge in [0.15, 0.2) is 0 Å². The minimum Gasteiger partial charge on any atom is -0.0616 e. The summed E-state index contributed by atoms with van der Waals surface area (Å²) in [7, 11) is 0. The maximum atomic E-state index is 2.25. The Balaban J connectivity index is 0.000000117. The molecule has 0 nitrogen and oxygen atoms in total. The van der Waals surface area contributed by atoms with Crippen LogP contribution in [0, 0.1) is 0 Å². The van der Waals surface area contributed by atoms with E-state index in [0.717, 1.165) is 0 Å². The van der Waals surface area contributed by atoms with E-state index in [1.165, 1.54) is 76.1 Å². The zero-order chi connectivity index (χ0) is 23.6. The molecule has 0 heterocycles. The highest BCUT2D eigenvalue weighted by atomic mass is 14.2. The van der Waals surface area contributed by atoms with E-state index >= 15 is 0 Å². The lowest BCUT2D eigenvalue weighted by Crippen LogP contribution is -1.85. The number of fused-ring (bicyclic) bond motifs is 5. The van der Waals surface area contributed by atoms with Gasteiger partial charge in [-0.3, -0.25) is 0 Å². The third-order valence-corrected chi connectivity index (χ3v) is 7.80. The molecule has 8 aromatic rings. The number of hydrogen-bond acceptors (Lipinski definition) is 0. The third-order valence-electron chi connectivity index (χ3n) is 7.80. The highest BCUT2D eigenvalue weighted by Gasteiger charge is 2.19. The normalized spacial score (nSPS) is 11.9. The Kier molecular flexibility index (Phi) is 4.03. The highest BCUT2D eigenvalue weighted by Crippen LogP contribution is 2.46. The van der Waals surface area contributed by atoms with Crippen LogP contribution in [0.3, 0.4) is 0 Å². The molecule has 0 amide bonds. The van der Waals surface area contributed by atoms with Crippen molar-refractivity contribution >= 4 is 53.9 Å². The molecule has 9 rings (SSSR count). The Labute approximate surface area is 209 Å². The van der Waals surface area contributed by atoms with Gasteiger partial charge in [-0.2, -0.15) is 0 Å². The first-order valence-corrected chi connectivity index (χ1v) is 12.5. The van der Waals surface area contributed by atoms with Crippen molar-refractivity contribution in [2.24, 2.45) is 0 Å². The molecular formula is C36H22. The van der Waals surface area contributed by atoms with Gasteiger partial charge in [0.05, 0.1) is 0 Å². The van der Waals surface area contributed by atoms with Crippen molar-refractivity contribution in [2.45, 2.75) is 0 Å². The highest BCUT2D eigenvalue weighted by molar-refractivity contribution is 6.32. The van der Waals surface area contributed by atoms with Gasteiger partial charge in [-0.1, -0.05) is 133 Å². The molecule has 0 unspecified atom stereocenters. The molecular weight excluding hydrogens is 432 g/mol. The second kappa shape index (κ2) is 7.41. The van der Waals surface area contributed by atoms with E-state index in [2.05, 4.69) is 133 Å². The standard InChI is InChI=1S/C20H12.C16H10/c1-5-13-6-2-11-17-18-12-4-8-14-7-3-10-16(20(14)18)15(9-1)19(13)17;1-2-8-13-12(7-1)14-9-3-5-11-6-4-10-15(13)16(11)14/h1-12H;1-10H. The monoisotopic (exact) mass is 454 g/mol. The van der Waals surface area contributed by atoms with Crippen LogP contribution in [0.5, 0.6) is 0 Å². The van der Waals surface area contributed by atoms with Gasteiger partial charge >= 0.3 is 0 Å². The molecule has 0 aromatic heterocycles. The lowest BCUT2D eigenvalue weighted by molar-refractivity contribution is 1.70. The van der Waals surface area contributed by atoms with Crippen LogP contribution in [0.15, 0.2) is 133 Å². The maximum absolute atomic E-state index is 2.25. The number of hydrogen-bond donors (Lipinski definition) is 0. The molecule has 0 saturated heterocycles. The minimum absolute atomic E-state index is 1.33. The first-order valence-electron chi connectivity index (χ1n) is 12.5. The van der Waals surface area contributed by atoms with Crippen molar-refractivity contribution in [3.63, 3.8) is 0 Å². The molecule has 1 aliphatic carbocycles. The lowest BCUT2D eigenvalue weighted by atomic mass is 9.90. The van der Waals surface area contributed by atoms with E-state index < -0.39 is 0 Å². The Morgan fingerprint density at radius 1 is 0.222 bits per heavy atom. The fourth-order valence-corrected chi connectivity index (χ4v) is 6.32. The van der Waals surface area contributed by atoms with Gasteiger partial charge in [0.25, 0.3) is 0 Å². The van der Waals surface area contributed by atoms with Crippen LogP contribution in [0.1, 0.15) is 0 Å². The average Bonchev–Trinajstić information content (AvgIpc) is 3.28. The van der Waals surface area contributed by atoms with Crippen LogP contribution >= 0.6 is 0 Å². The summed E-state index contributed by atoms with van der Waals surface area (Å²) in [6.07, 6.45) is 0. The van der Waals surface area contributed by atoms with E-state index in [4.69, 9.17) is 0 Å². The smallest absolute Gasteiger partial charge is 0.00264 e. The van der Waals surface area contributed by atoms with Crippen molar-refractivity contribution in [2.75, 3.05) is 0 Å². The second-order valence-corrected chi connectivity index (χ2v) is 9.67. The molecule has 0 N–H and O–H groups in total. The van der Waals surface area contributed by atoms with Gasteiger partial charge in [0.2, 0.25) is 0 Å². The SMILES string of the molecule is c1cc2cccc3c4cccc5cccc(c(c1)c23)c54.c1ccc2c(c1)-c1cccc3cccc-2c13. The predicted molar refractivity (Wildman–Crippen MR) is 156 cm³/mol. The largest absolute Gasteiger partial charge is 0.0616 e. The van der Waals surface area contributed by atoms with E-state index in [1.54, 1.807) is 0 Å². The maximum Gasteiger partial charge on any atom is -0.00264 e. The quantitative estimate of drug-likeness (QED) is 0.158. The Morgan fingerprint density at radius 2 is 0.528 bits per heavy atom. The summed E-state index contributed by atoms with van der Waals surface area (Å²) < 4.78 is 0. The molecule has 8 aromatic carbocycles. The molecule has 0 saturated carbocycles. The lowest BCUT2D eigenvalue weighted by Gasteiger charge is -2.13. The molecule has 166 valence electrons. The first-order chi connectivity index (χ1) is 17.9. The Hall–Kier alpha value is -4.68. The topological polar surface area (TPSA) is 0 Å². The molecule has 0 fully saturated rings. The summed E-state index contributed by atoms with van der Waals surface area (Å²) in [5, 5.41) is 13.6. The van der Waals surface area contributed by atoms with E-state index in [9.17, 15) is 0 Å². The van der Waals surface area contributed by atoms with E-state index in [-0.39, 0.29) is 0 Å². The summed E-state index contributed by atoms with van der Waals surface area (Å²) in [6.45, 7) is 0. The van der Waals surface area contributed by atoms with Crippen molar-refractivity contribution in [3.05, 3.63) is 133 Å². The van der Waals surface area contributed by atoms with Crippen LogP contribution in [-0.2, 0) is 0 Å². The molecule has 0 aliphatic heterocycles. The van der Waals surface area contributed by atoms with Crippen molar-refractivity contribution < 1.29 is 0 Å². The molecule has 36 heavy (non-hydrogen) atoms. The molecule has 0 spiro atoms. The molecule has 0 atom stereocenters. The zero-order valence-electron chi connectivity index (χ0n) is 19.7. The van der Waals surface area contributed by atoms with Gasteiger partial charge in [0.1, 0.15) is 0 Å². The third kappa shape index (κ3) is 2.64. The van der Waals surface area contributed by atoms with Crippen LogP contribution in [-0.4, -0.2) is 0 Å². The molecule has 0 bridgehead atoms. The van der Waals surface area contributed by atoms with Crippen LogP contribution in [0.2, 0.25) is 0 Å². The van der Waals surface area contributed by atoms with Gasteiger partial charge in [-0.25, -0.2) is 0 Å². The average molecular weight is 455 g/mol. The predicted octanol–water partition coefficient (Wildman–Crippen LogP) is 10.2. The van der Waals surface area contributed by atoms with Gasteiger partial charge in [-0.15, -0.1) is 0 Å². The summed E-state index contributed by atoms with van der Waals surface area (Å²) in [6, 6.07) is 48.2. The van der Waals surface area contributed by atoms with Crippen LogP contribution < -0.4 is 0 Å². The number of benzene rings is 8. The molecule has 1 aliphatic rings. The summed E-state index contributed by atoms with van der Waals surface area (Å²) in [4.78, 5) is 0. The zero-order valence-corrected chi connectivity index (χ0v) is 19.7. The minimum atomic E-state index is 1.33. The van der Waals surface area contributed by atoms with Crippen LogP contribution in [0.4, 0.5) is 0 Å². The molecule has 0 heteroatoms. The second-order valence-electron chi connectivity index (χ2n) is 9.67. The van der Waals surface area contributed by atoms with Crippen molar-refractivity contribution in [1.29, 1.82) is 0 Å². The molecule has 0 radical (unpaired) electrons. The van der Waals surface area contributed by atoms with Crippen molar-refractivity contribution in [1.82, 2.24) is 0 Å². The fraction of sp³-hybridized carbons (Fsp3) is 0. The summed E-state index contributed by atoms with van der Waals surface area (Å²) >= 11 is 0. The number of rotatable bonds is 0. The van der Waals surface area contributed by atoms with E-state index in [0.29, 0.717) is 0 Å². The Morgan fingerprint density at radius 3 is 0.917 bits per heavy atom. The van der Waals surface area contributed by atoms with Gasteiger partial charge in [0, 0.05) is 0 Å². The van der Waals surface area contributed by atoms with Gasteiger partial charge in [-0.05, 0) is 76.1 Å². The summed E-state index contributed by atoms with van der Waals surface area (Å²) in [5.41, 5.74) is 5.50. The first kappa shape index (κ1) is 19.6. The van der Waals surface area contributed by atoms with Crippen LogP contribution in [0.25, 0.3) is 76.1 Å². The van der Waals surface area contributed by atoms with E-state index in [1.807, 2.05) is 0 Å². The van der Waals surface area contributed by atoms with Crippen molar-refractivity contribution in [3.8, 4) is 22.3 Å². The fourth-order valence-electron chi connectivity index (χ4n) is 6.32. The Bertz CT molecular complexity index is 1870.